The van der Waals surface area contributed by atoms with Gasteiger partial charge in [0.15, 0.2) is 0 Å². The summed E-state index contributed by atoms with van der Waals surface area (Å²) in [5.41, 5.74) is 8.23. The zero-order chi connectivity index (χ0) is 32.3. The molecule has 4 heteroatoms. The summed E-state index contributed by atoms with van der Waals surface area (Å²) in [7, 11) is 0. The maximum Gasteiger partial charge on any atom is 0.124 e. The van der Waals surface area contributed by atoms with Gasteiger partial charge in [0.25, 0.3) is 0 Å². The number of anilines is 3. The molecule has 2 nitrogen and oxygen atoms in total. The van der Waals surface area contributed by atoms with E-state index in [2.05, 4.69) is 168 Å². The van der Waals surface area contributed by atoms with Crippen molar-refractivity contribution in [2.45, 2.75) is 0 Å². The molecule has 7 aromatic carbocycles. The van der Waals surface area contributed by atoms with E-state index in [0.29, 0.717) is 0 Å². The van der Waals surface area contributed by atoms with Gasteiger partial charge in [-0.3, -0.25) is 0 Å². The van der Waals surface area contributed by atoms with Gasteiger partial charge in [0.05, 0.1) is 0 Å². The summed E-state index contributed by atoms with van der Waals surface area (Å²) in [5, 5.41) is 7.60. The predicted octanol–water partition coefficient (Wildman–Crippen LogP) is 13.8. The van der Waals surface area contributed by atoms with Gasteiger partial charge in [0.1, 0.15) is 4.83 Å². The molecular weight excluding hydrogens is 633 g/mol. The summed E-state index contributed by atoms with van der Waals surface area (Å²) in [6.07, 6.45) is 1.88. The molecule has 0 unspecified atom stereocenters. The first-order chi connectivity index (χ1) is 24.3. The first-order valence-corrected chi connectivity index (χ1v) is 18.1. The standard InChI is InChI=1S/C45H28N2S2/c1-2-8-32-27-33(15-14-29(32)7-1)30-16-20-34(21-17-30)47(36-24-25-42-40(28-36)38-9-3-4-12-41(38)48-42)35-22-18-31(19-23-35)37-10-5-13-43-44(37)39-11-6-26-46-45(39)49-43/h1-28H. The van der Waals surface area contributed by atoms with Crippen molar-refractivity contribution in [1.29, 1.82) is 0 Å². The minimum Gasteiger partial charge on any atom is -0.310 e. The molecule has 10 aromatic rings. The molecule has 49 heavy (non-hydrogen) atoms. The minimum absolute atomic E-state index is 1.08. The van der Waals surface area contributed by atoms with E-state index in [0.717, 1.165) is 21.9 Å². The maximum absolute atomic E-state index is 4.65. The van der Waals surface area contributed by atoms with Gasteiger partial charge in [-0.05, 0) is 106 Å². The maximum atomic E-state index is 4.65. The Balaban J connectivity index is 1.09. The molecule has 0 N–H and O–H groups in total. The fourth-order valence-corrected chi connectivity index (χ4v) is 9.32. The number of pyridine rings is 1. The van der Waals surface area contributed by atoms with Crippen LogP contribution in [0.1, 0.15) is 0 Å². The Labute approximate surface area is 291 Å². The summed E-state index contributed by atoms with van der Waals surface area (Å²) in [4.78, 5) is 8.10. The van der Waals surface area contributed by atoms with Crippen LogP contribution in [0, 0.1) is 0 Å². The molecular formula is C45H28N2S2. The molecule has 0 aliphatic carbocycles. The summed E-state index contributed by atoms with van der Waals surface area (Å²) in [5.74, 6) is 0. The molecule has 0 amide bonds. The van der Waals surface area contributed by atoms with Crippen LogP contribution in [0.25, 0.3) is 73.5 Å². The van der Waals surface area contributed by atoms with Gasteiger partial charge < -0.3 is 4.90 Å². The third kappa shape index (κ3) is 4.80. The van der Waals surface area contributed by atoms with Gasteiger partial charge in [-0.25, -0.2) is 4.98 Å². The molecule has 0 aliphatic rings. The van der Waals surface area contributed by atoms with Crippen LogP contribution in [0.3, 0.4) is 0 Å². The van der Waals surface area contributed by atoms with E-state index in [4.69, 9.17) is 0 Å². The van der Waals surface area contributed by atoms with Gasteiger partial charge in [-0.1, -0.05) is 91.0 Å². The van der Waals surface area contributed by atoms with Gasteiger partial charge in [0, 0.05) is 58.9 Å². The lowest BCUT2D eigenvalue weighted by atomic mass is 9.99. The van der Waals surface area contributed by atoms with Gasteiger partial charge in [0.2, 0.25) is 0 Å². The van der Waals surface area contributed by atoms with Crippen LogP contribution in [0.15, 0.2) is 170 Å². The molecule has 0 saturated carbocycles. The van der Waals surface area contributed by atoms with Crippen LogP contribution in [0.2, 0.25) is 0 Å². The molecule has 0 aliphatic heterocycles. The molecule has 3 heterocycles. The zero-order valence-corrected chi connectivity index (χ0v) is 28.0. The van der Waals surface area contributed by atoms with Crippen molar-refractivity contribution in [3.8, 4) is 22.3 Å². The number of hydrogen-bond acceptors (Lipinski definition) is 4. The van der Waals surface area contributed by atoms with Crippen LogP contribution in [0.4, 0.5) is 17.1 Å². The van der Waals surface area contributed by atoms with E-state index < -0.39 is 0 Å². The van der Waals surface area contributed by atoms with E-state index in [-0.39, 0.29) is 0 Å². The van der Waals surface area contributed by atoms with Crippen molar-refractivity contribution in [3.05, 3.63) is 170 Å². The molecule has 0 radical (unpaired) electrons. The van der Waals surface area contributed by atoms with Gasteiger partial charge in [-0.2, -0.15) is 0 Å². The quantitative estimate of drug-likeness (QED) is 0.183. The monoisotopic (exact) mass is 660 g/mol. The third-order valence-corrected chi connectivity index (χ3v) is 11.8. The highest BCUT2D eigenvalue weighted by molar-refractivity contribution is 7.26. The zero-order valence-electron chi connectivity index (χ0n) is 26.4. The van der Waals surface area contributed by atoms with Gasteiger partial charge >= 0.3 is 0 Å². The number of hydrogen-bond donors (Lipinski definition) is 0. The number of aromatic nitrogens is 1. The van der Waals surface area contributed by atoms with Crippen molar-refractivity contribution < 1.29 is 0 Å². The average Bonchev–Trinajstić information content (AvgIpc) is 3.74. The summed E-state index contributed by atoms with van der Waals surface area (Å²) >= 11 is 3.61. The molecule has 10 rings (SSSR count). The van der Waals surface area contributed by atoms with E-state index in [1.165, 1.54) is 68.7 Å². The Hall–Kier alpha value is -5.81. The second-order valence-corrected chi connectivity index (χ2v) is 14.5. The smallest absolute Gasteiger partial charge is 0.124 e. The van der Waals surface area contributed by atoms with E-state index in [1.54, 1.807) is 11.3 Å². The highest BCUT2D eigenvalue weighted by atomic mass is 32.1. The largest absolute Gasteiger partial charge is 0.310 e. The van der Waals surface area contributed by atoms with Crippen LogP contribution < -0.4 is 4.90 Å². The number of nitrogens with zero attached hydrogens (tertiary/aromatic N) is 2. The molecule has 0 bridgehead atoms. The van der Waals surface area contributed by atoms with Crippen molar-refractivity contribution in [1.82, 2.24) is 4.98 Å². The Bertz CT molecular complexity index is 2830. The number of fused-ring (bicyclic) bond motifs is 7. The number of thiophene rings is 2. The Morgan fingerprint density at radius 2 is 1.08 bits per heavy atom. The molecule has 0 atom stereocenters. The average molecular weight is 661 g/mol. The fourth-order valence-electron chi connectivity index (χ4n) is 7.16. The van der Waals surface area contributed by atoms with Crippen LogP contribution in [0.5, 0.6) is 0 Å². The summed E-state index contributed by atoms with van der Waals surface area (Å²) in [6.45, 7) is 0. The highest BCUT2D eigenvalue weighted by Gasteiger charge is 2.17. The van der Waals surface area contributed by atoms with E-state index >= 15 is 0 Å². The van der Waals surface area contributed by atoms with Crippen molar-refractivity contribution >= 4 is 91.0 Å². The lowest BCUT2D eigenvalue weighted by Crippen LogP contribution is -2.09. The minimum atomic E-state index is 1.08. The Morgan fingerprint density at radius 3 is 1.94 bits per heavy atom. The van der Waals surface area contributed by atoms with Crippen LogP contribution in [-0.4, -0.2) is 4.98 Å². The fraction of sp³-hybridized carbons (Fsp3) is 0. The molecule has 0 fully saturated rings. The van der Waals surface area contributed by atoms with Crippen LogP contribution in [-0.2, 0) is 0 Å². The van der Waals surface area contributed by atoms with E-state index in [1.807, 2.05) is 23.6 Å². The Kier molecular flexibility index (Phi) is 6.57. The lowest BCUT2D eigenvalue weighted by Gasteiger charge is -2.26. The first-order valence-electron chi connectivity index (χ1n) is 16.4. The van der Waals surface area contributed by atoms with Gasteiger partial charge in [-0.15, -0.1) is 22.7 Å². The number of rotatable bonds is 5. The molecule has 230 valence electrons. The second-order valence-electron chi connectivity index (χ2n) is 12.4. The highest BCUT2D eigenvalue weighted by Crippen LogP contribution is 2.43. The Morgan fingerprint density at radius 1 is 0.408 bits per heavy atom. The van der Waals surface area contributed by atoms with Crippen LogP contribution >= 0.6 is 22.7 Å². The first kappa shape index (κ1) is 28.2. The predicted molar refractivity (Wildman–Crippen MR) is 213 cm³/mol. The number of benzene rings is 7. The van der Waals surface area contributed by atoms with E-state index in [9.17, 15) is 0 Å². The lowest BCUT2D eigenvalue weighted by molar-refractivity contribution is 1.29. The van der Waals surface area contributed by atoms with Crippen molar-refractivity contribution in [2.75, 3.05) is 4.90 Å². The summed E-state index contributed by atoms with van der Waals surface area (Å²) in [6, 6.07) is 59.7. The summed E-state index contributed by atoms with van der Waals surface area (Å²) < 4.78 is 3.88. The second kappa shape index (κ2) is 11.4. The molecule has 3 aromatic heterocycles. The molecule has 0 saturated heterocycles. The van der Waals surface area contributed by atoms with Crippen molar-refractivity contribution in [2.24, 2.45) is 0 Å². The topological polar surface area (TPSA) is 16.1 Å². The SMILES string of the molecule is c1ccc2cc(-c3ccc(N(c4ccc(-c5cccc6sc7ncccc7c56)cc4)c4ccc5sc6ccccc6c5c4)cc3)ccc2c1. The normalized spacial score (nSPS) is 11.7. The molecule has 0 spiro atoms. The van der Waals surface area contributed by atoms with Crippen molar-refractivity contribution in [3.63, 3.8) is 0 Å². The third-order valence-electron chi connectivity index (χ3n) is 9.54.